The largest absolute Gasteiger partial charge is 0.448 e. The van der Waals surface area contributed by atoms with Crippen LogP contribution in [0.4, 0.5) is 13.2 Å². The summed E-state index contributed by atoms with van der Waals surface area (Å²) in [6.07, 6.45) is -0.413. The molecule has 5 heteroatoms. The molecule has 2 nitrogen and oxygen atoms in total. The lowest BCUT2D eigenvalue weighted by Gasteiger charge is -2.19. The van der Waals surface area contributed by atoms with Crippen LogP contribution in [0.5, 0.6) is 0 Å². The average Bonchev–Trinajstić information content (AvgIpc) is 2.14. The third kappa shape index (κ3) is 3.98. The Hall–Kier alpha value is -0.740. The number of halogens is 3. The fourth-order valence-electron chi connectivity index (χ4n) is 1.56. The van der Waals surface area contributed by atoms with Gasteiger partial charge < -0.3 is 4.74 Å². The Labute approximate surface area is 80.4 Å². The molecule has 1 saturated carbocycles. The third-order valence-electron chi connectivity index (χ3n) is 2.25. The van der Waals surface area contributed by atoms with Crippen LogP contribution < -0.4 is 0 Å². The highest BCUT2D eigenvalue weighted by molar-refractivity contribution is 5.72. The summed E-state index contributed by atoms with van der Waals surface area (Å²) in [6, 6.07) is 0. The van der Waals surface area contributed by atoms with Crippen molar-refractivity contribution in [3.8, 4) is 0 Å². The van der Waals surface area contributed by atoms with Gasteiger partial charge in [0.25, 0.3) is 0 Å². The Balaban J connectivity index is 2.27. The molecule has 0 bridgehead atoms. The summed E-state index contributed by atoms with van der Waals surface area (Å²) in [7, 11) is 0. The Kier molecular flexibility index (Phi) is 3.77. The zero-order valence-electron chi connectivity index (χ0n) is 7.64. The molecule has 81 valence electrons. The van der Waals surface area contributed by atoms with Crippen LogP contribution in [-0.2, 0) is 9.53 Å². The van der Waals surface area contributed by atoms with Gasteiger partial charge in [0.05, 0.1) is 5.92 Å². The zero-order chi connectivity index (χ0) is 10.6. The van der Waals surface area contributed by atoms with Gasteiger partial charge in [0.1, 0.15) is 0 Å². The first-order valence-electron chi connectivity index (χ1n) is 4.60. The summed E-state index contributed by atoms with van der Waals surface area (Å²) in [5, 5.41) is 0. The molecule has 1 radical (unpaired) electrons. The quantitative estimate of drug-likeness (QED) is 0.653. The van der Waals surface area contributed by atoms with E-state index in [9.17, 15) is 18.0 Å². The van der Waals surface area contributed by atoms with Crippen LogP contribution in [0.1, 0.15) is 32.1 Å². The highest BCUT2D eigenvalue weighted by Gasteiger charge is 2.32. The van der Waals surface area contributed by atoms with E-state index in [1.54, 1.807) is 0 Å². The highest BCUT2D eigenvalue weighted by atomic mass is 19.4. The lowest BCUT2D eigenvalue weighted by Crippen LogP contribution is -2.22. The zero-order valence-corrected chi connectivity index (χ0v) is 7.64. The minimum Gasteiger partial charge on any atom is -0.448 e. The third-order valence-corrected chi connectivity index (χ3v) is 2.25. The maximum Gasteiger partial charge on any atom is 0.429 e. The molecule has 0 aliphatic heterocycles. The molecule has 0 aromatic heterocycles. The van der Waals surface area contributed by atoms with E-state index in [4.69, 9.17) is 0 Å². The van der Waals surface area contributed by atoms with E-state index in [1.165, 1.54) is 0 Å². The van der Waals surface area contributed by atoms with Crippen LogP contribution in [0.25, 0.3) is 0 Å². The molecule has 0 N–H and O–H groups in total. The molecule has 1 aliphatic rings. The van der Waals surface area contributed by atoms with E-state index in [0.29, 0.717) is 12.8 Å². The molecule has 0 saturated heterocycles. The SMILES string of the molecule is O=C(O[CH]C(F)(F)F)C1CCCCC1. The fraction of sp³-hybridized carbons (Fsp3) is 0.778. The Morgan fingerprint density at radius 3 is 2.29 bits per heavy atom. The molecular formula is C9H12F3O2. The molecule has 1 fully saturated rings. The van der Waals surface area contributed by atoms with Crippen molar-refractivity contribution in [3.05, 3.63) is 6.61 Å². The van der Waals surface area contributed by atoms with Crippen molar-refractivity contribution in [2.75, 3.05) is 0 Å². The molecule has 0 spiro atoms. The summed E-state index contributed by atoms with van der Waals surface area (Å²) in [4.78, 5) is 11.1. The number of carbonyl (C=O) groups excluding carboxylic acids is 1. The molecule has 0 atom stereocenters. The van der Waals surface area contributed by atoms with Gasteiger partial charge in [-0.3, -0.25) is 4.79 Å². The van der Waals surface area contributed by atoms with Gasteiger partial charge in [-0.15, -0.1) is 0 Å². The predicted octanol–water partition coefficient (Wildman–Crippen LogP) is 2.83. The number of alkyl halides is 3. The molecule has 0 amide bonds. The first-order valence-corrected chi connectivity index (χ1v) is 4.60. The van der Waals surface area contributed by atoms with Gasteiger partial charge >= 0.3 is 12.1 Å². The second kappa shape index (κ2) is 4.66. The number of carbonyl (C=O) groups is 1. The highest BCUT2D eigenvalue weighted by Crippen LogP contribution is 2.26. The van der Waals surface area contributed by atoms with Crippen molar-refractivity contribution < 1.29 is 22.7 Å². The van der Waals surface area contributed by atoms with Gasteiger partial charge in [-0.05, 0) is 12.8 Å². The minimum atomic E-state index is -4.54. The normalized spacial score (nSPS) is 19.4. The van der Waals surface area contributed by atoms with Gasteiger partial charge in [-0.25, -0.2) is 0 Å². The first-order chi connectivity index (χ1) is 6.49. The van der Waals surface area contributed by atoms with E-state index in [-0.39, 0.29) is 12.5 Å². The van der Waals surface area contributed by atoms with Crippen LogP contribution in [0.2, 0.25) is 0 Å². The Bertz CT molecular complexity index is 195. The van der Waals surface area contributed by atoms with Crippen LogP contribution in [0, 0.1) is 12.5 Å². The molecule has 0 aromatic rings. The van der Waals surface area contributed by atoms with Gasteiger partial charge in [-0.2, -0.15) is 13.2 Å². The van der Waals surface area contributed by atoms with Crippen molar-refractivity contribution in [3.63, 3.8) is 0 Å². The smallest absolute Gasteiger partial charge is 0.429 e. The van der Waals surface area contributed by atoms with Crippen molar-refractivity contribution >= 4 is 5.97 Å². The van der Waals surface area contributed by atoms with Crippen molar-refractivity contribution in [2.24, 2.45) is 5.92 Å². The molecule has 1 aliphatic carbocycles. The second-order valence-corrected chi connectivity index (χ2v) is 3.43. The van der Waals surface area contributed by atoms with E-state index >= 15 is 0 Å². The molecule has 0 aromatic carbocycles. The van der Waals surface area contributed by atoms with E-state index in [1.807, 2.05) is 0 Å². The minimum absolute atomic E-state index is 0.343. The summed E-state index contributed by atoms with van der Waals surface area (Å²) in [5.74, 6) is -1.09. The summed E-state index contributed by atoms with van der Waals surface area (Å²) in [5.41, 5.74) is 0. The van der Waals surface area contributed by atoms with Gasteiger partial charge in [0.15, 0.2) is 0 Å². The molecule has 0 unspecified atom stereocenters. The van der Waals surface area contributed by atoms with Crippen LogP contribution in [-0.4, -0.2) is 12.1 Å². The van der Waals surface area contributed by atoms with Crippen molar-refractivity contribution in [1.29, 1.82) is 0 Å². The second-order valence-electron chi connectivity index (χ2n) is 3.43. The van der Waals surface area contributed by atoms with Crippen LogP contribution in [0.3, 0.4) is 0 Å². The lowest BCUT2D eigenvalue weighted by atomic mass is 9.89. The number of esters is 1. The molecule has 0 heterocycles. The van der Waals surface area contributed by atoms with E-state index in [0.717, 1.165) is 19.3 Å². The van der Waals surface area contributed by atoms with Crippen LogP contribution >= 0.6 is 0 Å². The summed E-state index contributed by atoms with van der Waals surface area (Å²) < 4.78 is 39.0. The molecule has 1 rings (SSSR count). The fourth-order valence-corrected chi connectivity index (χ4v) is 1.56. The standard InChI is InChI=1S/C9H12F3O2/c10-9(11,12)6-14-8(13)7-4-2-1-3-5-7/h6-7H,1-5H2. The van der Waals surface area contributed by atoms with Gasteiger partial charge in [-0.1, -0.05) is 19.3 Å². The van der Waals surface area contributed by atoms with Crippen molar-refractivity contribution in [1.82, 2.24) is 0 Å². The average molecular weight is 209 g/mol. The Morgan fingerprint density at radius 2 is 1.79 bits per heavy atom. The summed E-state index contributed by atoms with van der Waals surface area (Å²) >= 11 is 0. The summed E-state index contributed by atoms with van der Waals surface area (Å²) in [6.45, 7) is -0.343. The van der Waals surface area contributed by atoms with E-state index in [2.05, 4.69) is 4.74 Å². The number of hydrogen-bond acceptors (Lipinski definition) is 2. The molecular weight excluding hydrogens is 197 g/mol. The maximum absolute atomic E-state index is 11.7. The van der Waals surface area contributed by atoms with Gasteiger partial charge in [0.2, 0.25) is 6.61 Å². The first kappa shape index (κ1) is 11.3. The maximum atomic E-state index is 11.7. The number of ether oxygens (including phenoxy) is 1. The van der Waals surface area contributed by atoms with Crippen molar-refractivity contribution in [2.45, 2.75) is 38.3 Å². The van der Waals surface area contributed by atoms with Gasteiger partial charge in [0, 0.05) is 0 Å². The topological polar surface area (TPSA) is 26.3 Å². The Morgan fingerprint density at radius 1 is 1.21 bits per heavy atom. The molecule has 14 heavy (non-hydrogen) atoms. The van der Waals surface area contributed by atoms with E-state index < -0.39 is 12.1 Å². The lowest BCUT2D eigenvalue weighted by molar-refractivity contribution is -0.168. The predicted molar refractivity (Wildman–Crippen MR) is 43.0 cm³/mol. The number of rotatable bonds is 2. The van der Waals surface area contributed by atoms with Crippen LogP contribution in [0.15, 0.2) is 0 Å². The monoisotopic (exact) mass is 209 g/mol. The number of hydrogen-bond donors (Lipinski definition) is 0.